The normalized spacial score (nSPS) is 17.8. The smallest absolute Gasteiger partial charge is 0.264 e. The van der Waals surface area contributed by atoms with Crippen LogP contribution in [0.15, 0.2) is 30.3 Å². The first-order valence-electron chi connectivity index (χ1n) is 8.43. The van der Waals surface area contributed by atoms with E-state index in [1.54, 1.807) is 22.7 Å². The largest absolute Gasteiger partial charge is 0.328 e. The average molecular weight is 357 g/mol. The first kappa shape index (κ1) is 15.8. The van der Waals surface area contributed by atoms with E-state index in [-0.39, 0.29) is 11.9 Å². The second-order valence-electron chi connectivity index (χ2n) is 6.22. The minimum Gasteiger partial charge on any atom is -0.328 e. The van der Waals surface area contributed by atoms with Crippen LogP contribution >= 0.6 is 22.7 Å². The summed E-state index contributed by atoms with van der Waals surface area (Å²) in [5, 5.41) is 1.08. The summed E-state index contributed by atoms with van der Waals surface area (Å²) < 4.78 is 1.20. The quantitative estimate of drug-likeness (QED) is 0.646. The Morgan fingerprint density at radius 2 is 2.17 bits per heavy atom. The van der Waals surface area contributed by atoms with Crippen LogP contribution in [0.3, 0.4) is 0 Å². The molecule has 24 heavy (non-hydrogen) atoms. The Hall–Kier alpha value is -1.72. The van der Waals surface area contributed by atoms with Crippen molar-refractivity contribution in [3.05, 3.63) is 50.7 Å². The predicted molar refractivity (Wildman–Crippen MR) is 101 cm³/mol. The predicted octanol–water partition coefficient (Wildman–Crippen LogP) is 5.21. The second-order valence-corrected chi connectivity index (χ2v) is 8.54. The summed E-state index contributed by atoms with van der Waals surface area (Å²) in [5.74, 6) is 0.171. The number of aromatic nitrogens is 1. The Bertz CT molecular complexity index is 863. The lowest BCUT2D eigenvalue weighted by molar-refractivity contribution is 0.0740. The minimum atomic E-state index is 0.127. The number of carbonyl (C=O) groups excluding carboxylic acids is 1. The van der Waals surface area contributed by atoms with E-state index in [4.69, 9.17) is 4.98 Å². The average Bonchev–Trinajstić information content (AvgIpc) is 3.30. The Kier molecular flexibility index (Phi) is 4.14. The number of amides is 1. The number of benzene rings is 1. The van der Waals surface area contributed by atoms with Crippen LogP contribution in [0.25, 0.3) is 10.2 Å². The van der Waals surface area contributed by atoms with Crippen molar-refractivity contribution in [2.24, 2.45) is 0 Å². The number of thiazole rings is 1. The third-order valence-electron chi connectivity index (χ3n) is 4.72. The molecule has 0 aliphatic carbocycles. The van der Waals surface area contributed by atoms with Crippen LogP contribution in [-0.2, 0) is 6.42 Å². The highest BCUT2D eigenvalue weighted by Crippen LogP contribution is 2.38. The van der Waals surface area contributed by atoms with Crippen molar-refractivity contribution < 1.29 is 4.79 Å². The van der Waals surface area contributed by atoms with Gasteiger partial charge in [-0.3, -0.25) is 4.79 Å². The van der Waals surface area contributed by atoms with Gasteiger partial charge in [0.05, 0.1) is 21.1 Å². The fourth-order valence-corrected chi connectivity index (χ4v) is 5.60. The van der Waals surface area contributed by atoms with Crippen LogP contribution in [0.4, 0.5) is 0 Å². The van der Waals surface area contributed by atoms with Gasteiger partial charge in [0.1, 0.15) is 5.01 Å². The first-order chi connectivity index (χ1) is 11.7. The molecule has 0 radical (unpaired) electrons. The molecule has 1 atom stereocenters. The van der Waals surface area contributed by atoms with E-state index < -0.39 is 0 Å². The van der Waals surface area contributed by atoms with Crippen LogP contribution in [0.2, 0.25) is 0 Å². The van der Waals surface area contributed by atoms with Gasteiger partial charge in [0.15, 0.2) is 0 Å². The number of thiophene rings is 1. The van der Waals surface area contributed by atoms with Gasteiger partial charge in [-0.25, -0.2) is 4.98 Å². The van der Waals surface area contributed by atoms with Crippen molar-refractivity contribution >= 4 is 38.8 Å². The van der Waals surface area contributed by atoms with Crippen LogP contribution in [0.1, 0.15) is 50.9 Å². The molecule has 1 aromatic carbocycles. The highest BCUT2D eigenvalue weighted by Gasteiger charge is 2.33. The molecular formula is C19H20N2OS2. The lowest BCUT2D eigenvalue weighted by atomic mass is 10.2. The highest BCUT2D eigenvalue weighted by molar-refractivity contribution is 7.18. The molecule has 1 fully saturated rings. The maximum atomic E-state index is 13.0. The van der Waals surface area contributed by atoms with Gasteiger partial charge in [-0.1, -0.05) is 19.1 Å². The van der Waals surface area contributed by atoms with Gasteiger partial charge in [0, 0.05) is 11.4 Å². The molecule has 0 spiro atoms. The summed E-state index contributed by atoms with van der Waals surface area (Å²) in [4.78, 5) is 22.0. The Balaban J connectivity index is 1.65. The van der Waals surface area contributed by atoms with Crippen molar-refractivity contribution in [1.29, 1.82) is 0 Å². The molecule has 0 saturated carbocycles. The lowest BCUT2D eigenvalue weighted by Gasteiger charge is -2.22. The van der Waals surface area contributed by atoms with Crippen LogP contribution in [0.5, 0.6) is 0 Å². The Morgan fingerprint density at radius 1 is 1.33 bits per heavy atom. The molecule has 2 aromatic heterocycles. The van der Waals surface area contributed by atoms with Crippen LogP contribution < -0.4 is 0 Å². The summed E-state index contributed by atoms with van der Waals surface area (Å²) in [6.45, 7) is 5.08. The van der Waals surface area contributed by atoms with Gasteiger partial charge in [0.2, 0.25) is 0 Å². The number of aryl methyl sites for hydroxylation is 2. The zero-order valence-corrected chi connectivity index (χ0v) is 15.5. The summed E-state index contributed by atoms with van der Waals surface area (Å²) in [7, 11) is 0. The van der Waals surface area contributed by atoms with Crippen molar-refractivity contribution in [3.63, 3.8) is 0 Å². The van der Waals surface area contributed by atoms with Crippen LogP contribution in [-0.4, -0.2) is 22.3 Å². The number of nitrogens with zero attached hydrogens (tertiary/aromatic N) is 2. The minimum absolute atomic E-state index is 0.127. The van der Waals surface area contributed by atoms with E-state index in [0.29, 0.717) is 0 Å². The van der Waals surface area contributed by atoms with Gasteiger partial charge >= 0.3 is 0 Å². The summed E-state index contributed by atoms with van der Waals surface area (Å²) in [6, 6.07) is 10.4. The molecule has 4 rings (SSSR count). The number of hydrogen-bond donors (Lipinski definition) is 0. The molecule has 3 aromatic rings. The summed E-state index contributed by atoms with van der Waals surface area (Å²) in [6.07, 6.45) is 3.05. The summed E-state index contributed by atoms with van der Waals surface area (Å²) in [5.41, 5.74) is 2.33. The number of fused-ring (bicyclic) bond motifs is 1. The van der Waals surface area contributed by atoms with Crippen LogP contribution in [0, 0.1) is 6.92 Å². The van der Waals surface area contributed by atoms with E-state index >= 15 is 0 Å². The molecule has 3 heterocycles. The maximum absolute atomic E-state index is 13.0. The van der Waals surface area contributed by atoms with E-state index in [1.165, 1.54) is 15.1 Å². The molecule has 1 amide bonds. The first-order valence-corrected chi connectivity index (χ1v) is 10.1. The van der Waals surface area contributed by atoms with Gasteiger partial charge in [-0.2, -0.15) is 0 Å². The number of carbonyl (C=O) groups is 1. The van der Waals surface area contributed by atoms with E-state index in [0.717, 1.165) is 41.2 Å². The van der Waals surface area contributed by atoms with Gasteiger partial charge in [-0.05, 0) is 49.9 Å². The molecular weight excluding hydrogens is 336 g/mol. The third kappa shape index (κ3) is 2.66. The van der Waals surface area contributed by atoms with E-state index in [1.807, 2.05) is 23.1 Å². The third-order valence-corrected chi connectivity index (χ3v) is 6.94. The fraction of sp³-hybridized carbons (Fsp3) is 0.368. The fourth-order valence-electron chi connectivity index (χ4n) is 3.42. The topological polar surface area (TPSA) is 33.2 Å². The van der Waals surface area contributed by atoms with Gasteiger partial charge in [0.25, 0.3) is 5.91 Å². The Morgan fingerprint density at radius 3 is 2.92 bits per heavy atom. The number of rotatable bonds is 3. The zero-order valence-electron chi connectivity index (χ0n) is 13.9. The van der Waals surface area contributed by atoms with Gasteiger partial charge in [-0.15, -0.1) is 22.7 Å². The molecule has 1 aliphatic rings. The summed E-state index contributed by atoms with van der Waals surface area (Å²) >= 11 is 3.35. The Labute approximate surface area is 150 Å². The molecule has 1 saturated heterocycles. The maximum Gasteiger partial charge on any atom is 0.264 e. The monoisotopic (exact) mass is 356 g/mol. The molecule has 1 aliphatic heterocycles. The lowest BCUT2D eigenvalue weighted by Crippen LogP contribution is -2.29. The SMILES string of the molecule is CCc1cc(C(=O)N2CCC[C@H]2c2nc3ccccc3s2)sc1C. The van der Waals surface area contributed by atoms with E-state index in [2.05, 4.69) is 26.0 Å². The molecule has 5 heteroatoms. The van der Waals surface area contributed by atoms with E-state index in [9.17, 15) is 4.79 Å². The standard InChI is InChI=1S/C19H20N2OS2/c1-3-13-11-17(23-12(13)2)19(22)21-10-6-8-15(21)18-20-14-7-4-5-9-16(14)24-18/h4-5,7,9,11,15H,3,6,8,10H2,1-2H3/t15-/m0/s1. The number of para-hydroxylation sites is 1. The van der Waals surface area contributed by atoms with Crippen molar-refractivity contribution in [2.45, 2.75) is 39.2 Å². The number of hydrogen-bond acceptors (Lipinski definition) is 4. The molecule has 124 valence electrons. The highest BCUT2D eigenvalue weighted by atomic mass is 32.1. The molecule has 3 nitrogen and oxygen atoms in total. The van der Waals surface area contributed by atoms with Crippen molar-refractivity contribution in [3.8, 4) is 0 Å². The van der Waals surface area contributed by atoms with Gasteiger partial charge < -0.3 is 4.90 Å². The molecule has 0 unspecified atom stereocenters. The number of likely N-dealkylation sites (tertiary alicyclic amines) is 1. The molecule has 0 N–H and O–H groups in total. The molecule has 0 bridgehead atoms. The zero-order chi connectivity index (χ0) is 16.7. The second kappa shape index (κ2) is 6.30. The van der Waals surface area contributed by atoms with Crippen molar-refractivity contribution in [2.75, 3.05) is 6.54 Å². The van der Waals surface area contributed by atoms with Crippen molar-refractivity contribution in [1.82, 2.24) is 9.88 Å².